The molecule has 2 heterocycles. The second kappa shape index (κ2) is 5.41. The molecule has 0 aliphatic heterocycles. The Morgan fingerprint density at radius 1 is 1.08 bits per heavy atom. The highest BCUT2D eigenvalue weighted by Crippen LogP contribution is 2.29. The van der Waals surface area contributed by atoms with E-state index in [2.05, 4.69) is 0 Å². The summed E-state index contributed by atoms with van der Waals surface area (Å²) in [5, 5.41) is 2.10. The molecule has 0 fully saturated rings. The van der Waals surface area contributed by atoms with Crippen LogP contribution < -0.4 is 16.5 Å². The van der Waals surface area contributed by atoms with E-state index in [9.17, 15) is 9.59 Å². The minimum Gasteiger partial charge on any atom is -0.456 e. The highest BCUT2D eigenvalue weighted by molar-refractivity contribution is 6.05. The number of fused-ring (bicyclic) bond motifs is 3. The third-order valence-corrected chi connectivity index (χ3v) is 4.03. The van der Waals surface area contributed by atoms with Gasteiger partial charge in [0.05, 0.1) is 0 Å². The van der Waals surface area contributed by atoms with E-state index in [1.165, 1.54) is 4.57 Å². The van der Waals surface area contributed by atoms with Gasteiger partial charge in [0.25, 0.3) is 0 Å². The molecule has 5 heteroatoms. The fraction of sp³-hybridized carbons (Fsp3) is 0.105. The predicted octanol–water partition coefficient (Wildman–Crippen LogP) is 1.69. The van der Waals surface area contributed by atoms with Crippen molar-refractivity contribution in [3.05, 3.63) is 69.3 Å². The van der Waals surface area contributed by atoms with Crippen LogP contribution in [0.3, 0.4) is 0 Å². The monoisotopic (exact) mass is 319 g/mol. The Hall–Kier alpha value is -3.30. The van der Waals surface area contributed by atoms with Crippen molar-refractivity contribution in [3.63, 3.8) is 0 Å². The zero-order chi connectivity index (χ0) is 16.7. The molecule has 0 N–H and O–H groups in total. The summed E-state index contributed by atoms with van der Waals surface area (Å²) < 4.78 is 12.2. The Balaban J connectivity index is 2.00. The highest BCUT2D eigenvalue weighted by atomic mass is 16.4. The Kier molecular flexibility index (Phi) is 3.22. The van der Waals surface area contributed by atoms with Crippen LogP contribution in [0.2, 0.25) is 0 Å². The third kappa shape index (κ3) is 2.11. The molecule has 0 saturated heterocycles. The van der Waals surface area contributed by atoms with Gasteiger partial charge in [0.1, 0.15) is 11.2 Å². The van der Waals surface area contributed by atoms with Crippen LogP contribution in [0, 0.1) is 0 Å². The van der Waals surface area contributed by atoms with Crippen LogP contribution in [-0.2, 0) is 11.3 Å². The Labute approximate surface area is 135 Å². The van der Waals surface area contributed by atoms with Gasteiger partial charge < -0.3 is 8.83 Å². The number of oxazole rings is 1. The van der Waals surface area contributed by atoms with Crippen LogP contribution >= 0.6 is 0 Å². The van der Waals surface area contributed by atoms with Gasteiger partial charge in [0, 0.05) is 17.3 Å². The van der Waals surface area contributed by atoms with Crippen LogP contribution in [0.25, 0.3) is 28.0 Å². The maximum absolute atomic E-state index is 11.8. The Morgan fingerprint density at radius 2 is 1.88 bits per heavy atom. The molecule has 0 saturated carbocycles. The summed E-state index contributed by atoms with van der Waals surface area (Å²) in [4.78, 5) is 22.9. The van der Waals surface area contributed by atoms with Crippen molar-refractivity contribution in [2.75, 3.05) is 0 Å². The van der Waals surface area contributed by atoms with Crippen molar-refractivity contribution in [1.82, 2.24) is 4.57 Å². The summed E-state index contributed by atoms with van der Waals surface area (Å²) in [7, 11) is 0. The van der Waals surface area contributed by atoms with Crippen molar-refractivity contribution < 1.29 is 13.6 Å². The first-order chi connectivity index (χ1) is 11.7. The van der Waals surface area contributed by atoms with Crippen molar-refractivity contribution in [3.8, 4) is 0 Å². The zero-order valence-electron chi connectivity index (χ0n) is 12.9. The van der Waals surface area contributed by atoms with Crippen LogP contribution in [-0.4, -0.2) is 10.5 Å². The molecule has 0 bridgehead atoms. The number of rotatable bonds is 2. The van der Waals surface area contributed by atoms with E-state index < -0.39 is 5.76 Å². The molecule has 0 atom stereocenters. The normalized spacial score (nSPS) is 12.1. The van der Waals surface area contributed by atoms with E-state index in [0.29, 0.717) is 6.54 Å². The van der Waals surface area contributed by atoms with Gasteiger partial charge in [-0.25, -0.2) is 9.59 Å². The number of furan rings is 1. The molecule has 4 aromatic rings. The average molecular weight is 319 g/mol. The number of para-hydroxylation sites is 1. The average Bonchev–Trinajstić information content (AvgIpc) is 3.11. The number of nitrogens with zero attached hydrogens (tertiary/aromatic N) is 1. The number of carbonyl (C=O) groups excluding carboxylic acids is 1. The van der Waals surface area contributed by atoms with E-state index in [1.54, 1.807) is 18.9 Å². The fourth-order valence-electron chi connectivity index (χ4n) is 2.90. The van der Waals surface area contributed by atoms with E-state index in [4.69, 9.17) is 8.83 Å². The molecule has 118 valence electrons. The summed E-state index contributed by atoms with van der Waals surface area (Å²) in [6.07, 6.45) is 1.66. The smallest absolute Gasteiger partial charge is 0.420 e. The first-order valence-electron chi connectivity index (χ1n) is 7.59. The number of hydrogen-bond acceptors (Lipinski definition) is 4. The number of aromatic nitrogens is 1. The zero-order valence-corrected chi connectivity index (χ0v) is 12.9. The molecular formula is C19H13NO4. The maximum Gasteiger partial charge on any atom is 0.420 e. The van der Waals surface area contributed by atoms with Gasteiger partial charge >= 0.3 is 5.76 Å². The van der Waals surface area contributed by atoms with E-state index in [0.717, 1.165) is 27.5 Å². The molecule has 0 radical (unpaired) electrons. The van der Waals surface area contributed by atoms with E-state index in [1.807, 2.05) is 42.5 Å². The minimum absolute atomic E-state index is 0.125. The lowest BCUT2D eigenvalue weighted by Gasteiger charge is -1.93. The number of hydrogen-bond donors (Lipinski definition) is 0. The molecule has 4 rings (SSSR count). The molecule has 0 aliphatic rings. The quantitative estimate of drug-likeness (QED) is 0.564. The molecule has 2 aromatic carbocycles. The van der Waals surface area contributed by atoms with Gasteiger partial charge in [-0.2, -0.15) is 0 Å². The van der Waals surface area contributed by atoms with Gasteiger partial charge in [0.2, 0.25) is 0 Å². The van der Waals surface area contributed by atoms with Crippen molar-refractivity contribution in [2.45, 2.75) is 13.5 Å². The summed E-state index contributed by atoms with van der Waals surface area (Å²) in [5.41, 5.74) is 2.62. The fourth-order valence-corrected chi connectivity index (χ4v) is 2.90. The SMILES string of the molecule is CCn1c(=O)o/c(=C/c2ccc3oc4ccccc4c3c2)c1=C=O. The van der Waals surface area contributed by atoms with Gasteiger partial charge in [0.15, 0.2) is 16.7 Å². The lowest BCUT2D eigenvalue weighted by molar-refractivity contribution is 0.462. The van der Waals surface area contributed by atoms with Gasteiger partial charge in [-0.05, 0) is 36.8 Å². The molecule has 5 nitrogen and oxygen atoms in total. The largest absolute Gasteiger partial charge is 0.456 e. The lowest BCUT2D eigenvalue weighted by atomic mass is 10.1. The second-order valence-electron chi connectivity index (χ2n) is 5.43. The maximum atomic E-state index is 11.8. The highest BCUT2D eigenvalue weighted by Gasteiger charge is 2.08. The summed E-state index contributed by atoms with van der Waals surface area (Å²) in [5.74, 6) is 1.23. The summed E-state index contributed by atoms with van der Waals surface area (Å²) in [6, 6.07) is 13.4. The Bertz CT molecular complexity index is 1270. The summed E-state index contributed by atoms with van der Waals surface area (Å²) >= 11 is 0. The third-order valence-electron chi connectivity index (χ3n) is 4.03. The molecule has 0 unspecified atom stereocenters. The summed E-state index contributed by atoms with van der Waals surface area (Å²) in [6.45, 7) is 2.12. The molecule has 2 aromatic heterocycles. The molecular weight excluding hydrogens is 306 g/mol. The Morgan fingerprint density at radius 3 is 2.67 bits per heavy atom. The van der Waals surface area contributed by atoms with Crippen LogP contribution in [0.1, 0.15) is 12.5 Å². The minimum atomic E-state index is -0.558. The van der Waals surface area contributed by atoms with Crippen molar-refractivity contribution in [2.24, 2.45) is 0 Å². The molecule has 0 aliphatic carbocycles. The van der Waals surface area contributed by atoms with Crippen molar-refractivity contribution >= 4 is 34.0 Å². The van der Waals surface area contributed by atoms with Crippen molar-refractivity contribution in [1.29, 1.82) is 0 Å². The molecule has 0 amide bonds. The van der Waals surface area contributed by atoms with Gasteiger partial charge in [-0.3, -0.25) is 4.57 Å². The van der Waals surface area contributed by atoms with Crippen LogP contribution in [0.15, 0.2) is 56.1 Å². The topological polar surface area (TPSA) is 65.3 Å². The van der Waals surface area contributed by atoms with Gasteiger partial charge in [-0.15, -0.1) is 0 Å². The standard InChI is InChI=1S/C19H13NO4/c1-2-20-15(11-21)18(24-19(20)22)10-12-7-8-17-14(9-12)13-5-3-4-6-16(13)23-17/h3-10H,2H2,1H3/b18-10+. The van der Waals surface area contributed by atoms with E-state index >= 15 is 0 Å². The molecule has 24 heavy (non-hydrogen) atoms. The van der Waals surface area contributed by atoms with E-state index in [-0.39, 0.29) is 10.8 Å². The predicted molar refractivity (Wildman–Crippen MR) is 90.0 cm³/mol. The molecule has 0 spiro atoms. The first-order valence-corrected chi connectivity index (χ1v) is 7.59. The second-order valence-corrected chi connectivity index (χ2v) is 5.43. The first kappa shape index (κ1) is 14.3. The lowest BCUT2D eigenvalue weighted by Crippen LogP contribution is -2.32. The van der Waals surface area contributed by atoms with Crippen LogP contribution in [0.5, 0.6) is 0 Å². The number of benzene rings is 2. The van der Waals surface area contributed by atoms with Crippen LogP contribution in [0.4, 0.5) is 0 Å². The van der Waals surface area contributed by atoms with Gasteiger partial charge in [-0.1, -0.05) is 24.3 Å².